The van der Waals surface area contributed by atoms with E-state index in [1.807, 2.05) is 12.1 Å². The van der Waals surface area contributed by atoms with Crippen molar-refractivity contribution in [2.45, 2.75) is 70.3 Å². The van der Waals surface area contributed by atoms with Gasteiger partial charge in [0.05, 0.1) is 18.8 Å². The number of halogens is 2. The zero-order valence-corrected chi connectivity index (χ0v) is 20.5. The molecule has 2 aromatic carbocycles. The van der Waals surface area contributed by atoms with E-state index in [-0.39, 0.29) is 11.3 Å². The van der Waals surface area contributed by atoms with Gasteiger partial charge in [-0.25, -0.2) is 4.79 Å². The average molecular weight is 487 g/mol. The lowest BCUT2D eigenvalue weighted by molar-refractivity contribution is -0.185. The molecule has 1 fully saturated rings. The summed E-state index contributed by atoms with van der Waals surface area (Å²) in [6.45, 7) is 6.50. The highest BCUT2D eigenvalue weighted by atomic mass is 19.3. The number of carbonyl (C=O) groups is 1. The molecule has 2 aromatic rings. The minimum absolute atomic E-state index is 0.155. The van der Waals surface area contributed by atoms with Crippen LogP contribution >= 0.6 is 0 Å². The van der Waals surface area contributed by atoms with E-state index in [1.54, 1.807) is 12.1 Å². The fourth-order valence-electron chi connectivity index (χ4n) is 4.33. The van der Waals surface area contributed by atoms with Crippen LogP contribution < -0.4 is 9.47 Å². The average Bonchev–Trinajstić information content (AvgIpc) is 2.86. The molecule has 1 saturated carbocycles. The monoisotopic (exact) mass is 486 g/mol. The summed E-state index contributed by atoms with van der Waals surface area (Å²) in [7, 11) is 0. The summed E-state index contributed by atoms with van der Waals surface area (Å²) >= 11 is 0. The molecule has 0 bridgehead atoms. The van der Waals surface area contributed by atoms with E-state index in [0.717, 1.165) is 50.5 Å². The Morgan fingerprint density at radius 3 is 2.14 bits per heavy atom. The molecule has 4 nitrogen and oxygen atoms in total. The van der Waals surface area contributed by atoms with Crippen LogP contribution in [-0.2, 0) is 15.6 Å². The molecule has 0 amide bonds. The molecule has 0 spiro atoms. The topological polar surface area (TPSA) is 44.8 Å². The molecule has 0 aliphatic heterocycles. The second-order valence-corrected chi connectivity index (χ2v) is 9.30. The molecule has 0 atom stereocenters. The molecule has 0 aromatic heterocycles. The Morgan fingerprint density at radius 1 is 0.914 bits per heavy atom. The summed E-state index contributed by atoms with van der Waals surface area (Å²) in [6.07, 6.45) is 5.90. The maximum atomic E-state index is 14.7. The Bertz CT molecular complexity index is 917. The first-order valence-electron chi connectivity index (χ1n) is 12.6. The van der Waals surface area contributed by atoms with Crippen molar-refractivity contribution >= 4 is 5.97 Å². The van der Waals surface area contributed by atoms with Crippen LogP contribution in [0.3, 0.4) is 0 Å². The first-order chi connectivity index (χ1) is 16.9. The lowest BCUT2D eigenvalue weighted by Gasteiger charge is -2.26. The van der Waals surface area contributed by atoms with E-state index in [4.69, 9.17) is 14.2 Å². The molecular weight excluding hydrogens is 450 g/mol. The van der Waals surface area contributed by atoms with Gasteiger partial charge in [-0.1, -0.05) is 38.5 Å². The molecule has 0 radical (unpaired) electrons. The number of esters is 1. The van der Waals surface area contributed by atoms with Crippen LogP contribution in [0.2, 0.25) is 0 Å². The van der Waals surface area contributed by atoms with Crippen LogP contribution in [-0.4, -0.2) is 19.2 Å². The van der Waals surface area contributed by atoms with E-state index in [0.29, 0.717) is 24.9 Å². The van der Waals surface area contributed by atoms with Gasteiger partial charge in [-0.15, -0.1) is 0 Å². The molecule has 0 heterocycles. The second kappa shape index (κ2) is 13.3. The van der Waals surface area contributed by atoms with Gasteiger partial charge in [0.25, 0.3) is 0 Å². The van der Waals surface area contributed by atoms with E-state index < -0.39 is 12.1 Å². The number of alkyl halides is 2. The predicted octanol–water partition coefficient (Wildman–Crippen LogP) is 7.78. The number of benzene rings is 2. The Balaban J connectivity index is 1.40. The smallest absolute Gasteiger partial charge is 0.426 e. The number of hydrogen-bond donors (Lipinski definition) is 0. The molecule has 35 heavy (non-hydrogen) atoms. The van der Waals surface area contributed by atoms with E-state index >= 15 is 0 Å². The zero-order valence-electron chi connectivity index (χ0n) is 20.5. The fraction of sp³-hybridized carbons (Fsp3) is 0.483. The molecule has 1 aliphatic carbocycles. The molecule has 6 heteroatoms. The van der Waals surface area contributed by atoms with Gasteiger partial charge in [0.15, 0.2) is 0 Å². The maximum Gasteiger partial charge on any atom is 0.426 e. The summed E-state index contributed by atoms with van der Waals surface area (Å²) in [4.78, 5) is 10.9. The quantitative estimate of drug-likeness (QED) is 0.165. The fourth-order valence-corrected chi connectivity index (χ4v) is 4.33. The van der Waals surface area contributed by atoms with Crippen LogP contribution in [0.1, 0.15) is 75.3 Å². The summed E-state index contributed by atoms with van der Waals surface area (Å²) in [6, 6.07) is 12.9. The van der Waals surface area contributed by atoms with Crippen molar-refractivity contribution < 1.29 is 27.8 Å². The first kappa shape index (κ1) is 26.7. The Hall–Kier alpha value is -2.89. The van der Waals surface area contributed by atoms with Crippen molar-refractivity contribution in [2.24, 2.45) is 5.92 Å². The van der Waals surface area contributed by atoms with Crippen LogP contribution in [0.5, 0.6) is 11.5 Å². The number of carbonyl (C=O) groups excluding carboxylic acids is 1. The summed E-state index contributed by atoms with van der Waals surface area (Å²) < 4.78 is 45.0. The van der Waals surface area contributed by atoms with Crippen LogP contribution in [0.15, 0.2) is 61.2 Å². The summed E-state index contributed by atoms with van der Waals surface area (Å²) in [5, 5.41) is 0. The molecule has 0 unspecified atom stereocenters. The number of ether oxygens (including phenoxy) is 3. The standard InChI is InChI=1S/C29H36F2O4/c1-3-28(32)34-21-7-5-4-6-20-33-26-18-14-25(15-19-26)29(30,31)35-27-16-12-24(13-17-27)23-10-8-22(2)9-11-23/h3,12-19,22-23H,1,4-11,20-21H2,2H3. The van der Waals surface area contributed by atoms with Crippen molar-refractivity contribution in [3.05, 3.63) is 72.3 Å². The number of rotatable bonds is 13. The third-order valence-electron chi connectivity index (χ3n) is 6.52. The van der Waals surface area contributed by atoms with Crippen molar-refractivity contribution in [3.63, 3.8) is 0 Å². The zero-order chi connectivity index (χ0) is 25.1. The maximum absolute atomic E-state index is 14.7. The van der Waals surface area contributed by atoms with Gasteiger partial charge < -0.3 is 14.2 Å². The minimum atomic E-state index is -3.44. The van der Waals surface area contributed by atoms with Crippen LogP contribution in [0, 0.1) is 5.92 Å². The highest BCUT2D eigenvalue weighted by Crippen LogP contribution is 2.37. The SMILES string of the molecule is C=CC(=O)OCCCCCCOc1ccc(C(F)(F)Oc2ccc(C3CCC(C)CC3)cc2)cc1. The van der Waals surface area contributed by atoms with Crippen molar-refractivity contribution in [2.75, 3.05) is 13.2 Å². The van der Waals surface area contributed by atoms with Gasteiger partial charge in [-0.3, -0.25) is 0 Å². The predicted molar refractivity (Wildman–Crippen MR) is 133 cm³/mol. The lowest BCUT2D eigenvalue weighted by Crippen LogP contribution is -2.21. The number of hydrogen-bond acceptors (Lipinski definition) is 4. The van der Waals surface area contributed by atoms with E-state index in [9.17, 15) is 13.6 Å². The minimum Gasteiger partial charge on any atom is -0.494 e. The summed E-state index contributed by atoms with van der Waals surface area (Å²) in [5.74, 6) is 1.57. The Kier molecular flexibility index (Phi) is 10.1. The summed E-state index contributed by atoms with van der Waals surface area (Å²) in [5.41, 5.74) is 0.981. The van der Waals surface area contributed by atoms with Gasteiger partial charge in [-0.2, -0.15) is 8.78 Å². The molecule has 0 saturated heterocycles. The molecule has 1 aliphatic rings. The van der Waals surface area contributed by atoms with E-state index in [1.165, 1.54) is 42.7 Å². The molecule has 190 valence electrons. The Labute approximate surface area is 207 Å². The number of unbranched alkanes of at least 4 members (excludes halogenated alkanes) is 3. The Morgan fingerprint density at radius 2 is 1.51 bits per heavy atom. The third kappa shape index (κ3) is 8.68. The van der Waals surface area contributed by atoms with Gasteiger partial charge >= 0.3 is 12.1 Å². The highest BCUT2D eigenvalue weighted by Gasteiger charge is 2.34. The van der Waals surface area contributed by atoms with E-state index in [2.05, 4.69) is 13.5 Å². The van der Waals surface area contributed by atoms with Gasteiger partial charge in [-0.05, 0) is 92.3 Å². The second-order valence-electron chi connectivity index (χ2n) is 9.30. The van der Waals surface area contributed by atoms with Gasteiger partial charge in [0.1, 0.15) is 11.5 Å². The van der Waals surface area contributed by atoms with Crippen molar-refractivity contribution in [3.8, 4) is 11.5 Å². The first-order valence-corrected chi connectivity index (χ1v) is 12.6. The van der Waals surface area contributed by atoms with Gasteiger partial charge in [0, 0.05) is 6.08 Å². The van der Waals surface area contributed by atoms with Gasteiger partial charge in [0.2, 0.25) is 0 Å². The normalized spacial score (nSPS) is 18.0. The third-order valence-corrected chi connectivity index (χ3v) is 6.52. The highest BCUT2D eigenvalue weighted by molar-refractivity contribution is 5.81. The molecular formula is C29H36F2O4. The largest absolute Gasteiger partial charge is 0.494 e. The lowest BCUT2D eigenvalue weighted by atomic mass is 9.79. The van der Waals surface area contributed by atoms with Crippen LogP contribution in [0.4, 0.5) is 8.78 Å². The van der Waals surface area contributed by atoms with Crippen LogP contribution in [0.25, 0.3) is 0 Å². The van der Waals surface area contributed by atoms with Crippen molar-refractivity contribution in [1.29, 1.82) is 0 Å². The molecule has 0 N–H and O–H groups in total. The molecule has 3 rings (SSSR count). The van der Waals surface area contributed by atoms with Crippen molar-refractivity contribution in [1.82, 2.24) is 0 Å².